The van der Waals surface area contributed by atoms with Crippen molar-refractivity contribution in [3.63, 3.8) is 0 Å². The first-order valence-electron chi connectivity index (χ1n) is 9.63. The maximum absolute atomic E-state index is 10.4. The second kappa shape index (κ2) is 10.7. The number of rotatable bonds is 10. The lowest BCUT2D eigenvalue weighted by Gasteiger charge is -2.30. The van der Waals surface area contributed by atoms with Gasteiger partial charge in [-0.1, -0.05) is 36.4 Å². The van der Waals surface area contributed by atoms with E-state index >= 15 is 0 Å². The molecule has 0 fully saturated rings. The van der Waals surface area contributed by atoms with Gasteiger partial charge in [-0.15, -0.1) is 0 Å². The highest BCUT2D eigenvalue weighted by Crippen LogP contribution is 2.19. The predicted octanol–water partition coefficient (Wildman–Crippen LogP) is 2.94. The van der Waals surface area contributed by atoms with Gasteiger partial charge in [0.15, 0.2) is 0 Å². The fourth-order valence-electron chi connectivity index (χ4n) is 3.36. The Balaban J connectivity index is 1.38. The Morgan fingerprint density at radius 2 is 1.93 bits per heavy atom. The van der Waals surface area contributed by atoms with Crippen LogP contribution in [0.3, 0.4) is 0 Å². The Kier molecular flexibility index (Phi) is 8.02. The van der Waals surface area contributed by atoms with Crippen molar-refractivity contribution in [1.29, 1.82) is 0 Å². The predicted molar refractivity (Wildman–Crippen MR) is 113 cm³/mol. The van der Waals surface area contributed by atoms with E-state index in [2.05, 4.69) is 52.9 Å². The summed E-state index contributed by atoms with van der Waals surface area (Å²) in [5.41, 5.74) is 4.05. The van der Waals surface area contributed by atoms with Crippen LogP contribution < -0.4 is 10.1 Å². The highest BCUT2D eigenvalue weighted by Gasteiger charge is 2.18. The number of aliphatic hydroxyl groups is 1. The van der Waals surface area contributed by atoms with Gasteiger partial charge in [0.1, 0.15) is 18.5 Å². The van der Waals surface area contributed by atoms with Crippen molar-refractivity contribution in [1.82, 2.24) is 10.2 Å². The maximum atomic E-state index is 10.4. The van der Waals surface area contributed by atoms with Crippen LogP contribution in [0.15, 0.2) is 48.5 Å². The van der Waals surface area contributed by atoms with Gasteiger partial charge in [-0.2, -0.15) is 11.8 Å². The molecule has 0 radical (unpaired) electrons. The molecule has 5 heteroatoms. The first-order chi connectivity index (χ1) is 13.2. The molecule has 0 saturated heterocycles. The first-order valence-corrected chi connectivity index (χ1v) is 11.0. The van der Waals surface area contributed by atoms with E-state index in [-0.39, 0.29) is 0 Å². The van der Waals surface area contributed by atoms with Crippen LogP contribution in [-0.4, -0.2) is 54.4 Å². The lowest BCUT2D eigenvalue weighted by molar-refractivity contribution is 0.0638. The molecule has 0 aromatic heterocycles. The molecule has 1 aliphatic heterocycles. The van der Waals surface area contributed by atoms with Crippen molar-refractivity contribution >= 4 is 11.8 Å². The second-order valence-corrected chi connectivity index (χ2v) is 8.02. The highest BCUT2D eigenvalue weighted by molar-refractivity contribution is 7.98. The summed E-state index contributed by atoms with van der Waals surface area (Å²) >= 11 is 1.85. The monoisotopic (exact) mass is 386 g/mol. The van der Waals surface area contributed by atoms with Crippen molar-refractivity contribution in [2.75, 3.05) is 38.2 Å². The number of fused-ring (bicyclic) bond motifs is 1. The van der Waals surface area contributed by atoms with Crippen LogP contribution in [0.1, 0.15) is 16.7 Å². The van der Waals surface area contributed by atoms with Crippen molar-refractivity contribution in [3.05, 3.63) is 65.2 Å². The molecule has 2 aromatic rings. The number of benzene rings is 2. The van der Waals surface area contributed by atoms with E-state index in [1.807, 2.05) is 23.9 Å². The van der Waals surface area contributed by atoms with E-state index in [1.165, 1.54) is 16.7 Å². The standard InChI is InChI=1S/C22H30N2O2S/c1-27-13-11-23-14-18-6-8-22(9-7-18)26-17-21(25)16-24-12-10-19-4-2-3-5-20(19)15-24/h2-9,21,23,25H,10-17H2,1H3. The molecule has 1 heterocycles. The van der Waals surface area contributed by atoms with E-state index < -0.39 is 6.10 Å². The number of thioether (sulfide) groups is 1. The van der Waals surface area contributed by atoms with E-state index in [0.29, 0.717) is 13.2 Å². The summed E-state index contributed by atoms with van der Waals surface area (Å²) in [6.45, 7) is 4.76. The Morgan fingerprint density at radius 3 is 2.70 bits per heavy atom. The summed E-state index contributed by atoms with van der Waals surface area (Å²) in [6.07, 6.45) is 2.69. The Bertz CT molecular complexity index is 693. The molecule has 4 nitrogen and oxygen atoms in total. The number of nitrogens with one attached hydrogen (secondary N) is 1. The average molecular weight is 387 g/mol. The van der Waals surface area contributed by atoms with Gasteiger partial charge >= 0.3 is 0 Å². The SMILES string of the molecule is CSCCNCc1ccc(OCC(O)CN2CCc3ccccc3C2)cc1. The lowest BCUT2D eigenvalue weighted by Crippen LogP contribution is -2.38. The lowest BCUT2D eigenvalue weighted by atomic mass is 10.00. The van der Waals surface area contributed by atoms with Crippen LogP contribution in [0.4, 0.5) is 0 Å². The summed E-state index contributed by atoms with van der Waals surface area (Å²) < 4.78 is 5.78. The zero-order valence-electron chi connectivity index (χ0n) is 16.1. The molecule has 0 saturated carbocycles. The van der Waals surface area contributed by atoms with Crippen LogP contribution in [0, 0.1) is 0 Å². The summed E-state index contributed by atoms with van der Waals surface area (Å²) in [5.74, 6) is 1.94. The van der Waals surface area contributed by atoms with Crippen LogP contribution in [0.25, 0.3) is 0 Å². The van der Waals surface area contributed by atoms with Gasteiger partial charge in [-0.25, -0.2) is 0 Å². The van der Waals surface area contributed by atoms with Crippen molar-refractivity contribution in [2.45, 2.75) is 25.6 Å². The molecule has 27 heavy (non-hydrogen) atoms. The molecule has 1 aliphatic rings. The molecule has 3 rings (SSSR count). The molecule has 1 unspecified atom stereocenters. The smallest absolute Gasteiger partial charge is 0.119 e. The van der Waals surface area contributed by atoms with Crippen LogP contribution in [0.5, 0.6) is 5.75 Å². The summed E-state index contributed by atoms with van der Waals surface area (Å²) in [7, 11) is 0. The number of nitrogens with zero attached hydrogens (tertiary/aromatic N) is 1. The normalized spacial score (nSPS) is 15.3. The molecule has 0 spiro atoms. The summed E-state index contributed by atoms with van der Waals surface area (Å²) in [6, 6.07) is 16.7. The van der Waals surface area contributed by atoms with Crippen LogP contribution >= 0.6 is 11.8 Å². The maximum Gasteiger partial charge on any atom is 0.119 e. The van der Waals surface area contributed by atoms with Gasteiger partial charge in [0.05, 0.1) is 0 Å². The topological polar surface area (TPSA) is 44.7 Å². The third-order valence-electron chi connectivity index (χ3n) is 4.86. The molecule has 1 atom stereocenters. The molecule has 2 aromatic carbocycles. The van der Waals surface area contributed by atoms with E-state index in [4.69, 9.17) is 4.74 Å². The second-order valence-electron chi connectivity index (χ2n) is 7.03. The molecule has 0 bridgehead atoms. The van der Waals surface area contributed by atoms with Gasteiger partial charge in [0.2, 0.25) is 0 Å². The van der Waals surface area contributed by atoms with E-state index in [0.717, 1.165) is 44.1 Å². The Labute approximate surface area is 166 Å². The number of hydrogen-bond donors (Lipinski definition) is 2. The van der Waals surface area contributed by atoms with Crippen molar-refractivity contribution in [3.8, 4) is 5.75 Å². The number of β-amino-alcohol motifs (C(OH)–C–C–N with tert-alkyl or cyclic N) is 1. The minimum atomic E-state index is -0.483. The fraction of sp³-hybridized carbons (Fsp3) is 0.455. The molecule has 0 aliphatic carbocycles. The fourth-order valence-corrected chi connectivity index (χ4v) is 3.71. The molecular formula is C22H30N2O2S. The van der Waals surface area contributed by atoms with Gasteiger partial charge in [-0.3, -0.25) is 4.90 Å². The number of hydrogen-bond acceptors (Lipinski definition) is 5. The van der Waals surface area contributed by atoms with Gasteiger partial charge in [-0.05, 0) is 41.5 Å². The van der Waals surface area contributed by atoms with Crippen molar-refractivity contribution < 1.29 is 9.84 Å². The largest absolute Gasteiger partial charge is 0.491 e. The molecule has 0 amide bonds. The quantitative estimate of drug-likeness (QED) is 0.615. The summed E-state index contributed by atoms with van der Waals surface area (Å²) in [4.78, 5) is 2.31. The Morgan fingerprint density at radius 1 is 1.15 bits per heavy atom. The molecule has 2 N–H and O–H groups in total. The zero-order valence-corrected chi connectivity index (χ0v) is 16.9. The van der Waals surface area contributed by atoms with Crippen LogP contribution in [-0.2, 0) is 19.5 Å². The number of aliphatic hydroxyl groups excluding tert-OH is 1. The van der Waals surface area contributed by atoms with Gasteiger partial charge in [0, 0.05) is 38.5 Å². The van der Waals surface area contributed by atoms with Crippen LogP contribution in [0.2, 0.25) is 0 Å². The van der Waals surface area contributed by atoms with E-state index in [9.17, 15) is 5.11 Å². The highest BCUT2D eigenvalue weighted by atomic mass is 32.2. The minimum absolute atomic E-state index is 0.323. The minimum Gasteiger partial charge on any atom is -0.491 e. The van der Waals surface area contributed by atoms with E-state index in [1.54, 1.807) is 0 Å². The van der Waals surface area contributed by atoms with Crippen molar-refractivity contribution in [2.24, 2.45) is 0 Å². The third kappa shape index (κ3) is 6.54. The number of ether oxygens (including phenoxy) is 1. The Hall–Kier alpha value is -1.53. The summed E-state index contributed by atoms with van der Waals surface area (Å²) in [5, 5.41) is 13.8. The average Bonchev–Trinajstić information content (AvgIpc) is 2.70. The van der Waals surface area contributed by atoms with Gasteiger partial charge < -0.3 is 15.2 Å². The molecule has 146 valence electrons. The zero-order chi connectivity index (χ0) is 18.9. The molecular weight excluding hydrogens is 356 g/mol. The van der Waals surface area contributed by atoms with Gasteiger partial charge in [0.25, 0.3) is 0 Å². The first kappa shape index (κ1) is 20.2. The third-order valence-corrected chi connectivity index (χ3v) is 5.47.